The first-order valence-electron chi connectivity index (χ1n) is 8.32. The fraction of sp³-hybridized carbons (Fsp3) is 0.588. The van der Waals surface area contributed by atoms with Crippen LogP contribution in [0.15, 0.2) is 23.1 Å². The highest BCUT2D eigenvalue weighted by Crippen LogP contribution is 2.24. The van der Waals surface area contributed by atoms with E-state index in [1.54, 1.807) is 30.2 Å². The highest BCUT2D eigenvalue weighted by Gasteiger charge is 2.28. The van der Waals surface area contributed by atoms with Crippen LogP contribution >= 0.6 is 0 Å². The first kappa shape index (κ1) is 18.7. The summed E-state index contributed by atoms with van der Waals surface area (Å²) in [5, 5.41) is 0. The lowest BCUT2D eigenvalue weighted by Crippen LogP contribution is -2.37. The molecule has 6 nitrogen and oxygen atoms in total. The quantitative estimate of drug-likeness (QED) is 0.811. The molecule has 1 fully saturated rings. The number of carbonyl (C=O) groups is 1. The second kappa shape index (κ2) is 7.98. The molecule has 134 valence electrons. The summed E-state index contributed by atoms with van der Waals surface area (Å²) >= 11 is 0. The van der Waals surface area contributed by atoms with Gasteiger partial charge in [-0.3, -0.25) is 4.79 Å². The zero-order chi connectivity index (χ0) is 17.7. The van der Waals surface area contributed by atoms with E-state index in [0.717, 1.165) is 12.0 Å². The van der Waals surface area contributed by atoms with E-state index in [1.165, 1.54) is 4.31 Å². The van der Waals surface area contributed by atoms with Crippen LogP contribution in [0.1, 0.15) is 31.7 Å². The summed E-state index contributed by atoms with van der Waals surface area (Å²) in [4.78, 5) is 14.1. The molecule has 0 atom stereocenters. The average molecular weight is 354 g/mol. The maximum Gasteiger partial charge on any atom is 0.243 e. The minimum atomic E-state index is -3.55. The van der Waals surface area contributed by atoms with Gasteiger partial charge < -0.3 is 9.64 Å². The van der Waals surface area contributed by atoms with Crippen LogP contribution in [0.4, 0.5) is 0 Å². The van der Waals surface area contributed by atoms with Crippen LogP contribution in [0.3, 0.4) is 0 Å². The number of carbonyl (C=O) groups excluding carboxylic acids is 1. The lowest BCUT2D eigenvalue weighted by atomic mass is 10.2. The highest BCUT2D eigenvalue weighted by atomic mass is 32.2. The first-order valence-corrected chi connectivity index (χ1v) is 9.76. The molecule has 0 bridgehead atoms. The van der Waals surface area contributed by atoms with Gasteiger partial charge in [0.05, 0.1) is 12.0 Å². The van der Waals surface area contributed by atoms with Crippen LogP contribution in [-0.4, -0.2) is 56.8 Å². The molecular formula is C17H26N2O4S. The molecule has 0 unspecified atom stereocenters. The molecule has 1 saturated heterocycles. The van der Waals surface area contributed by atoms with Gasteiger partial charge in [-0.25, -0.2) is 8.42 Å². The maximum absolute atomic E-state index is 12.9. The van der Waals surface area contributed by atoms with Crippen LogP contribution in [0.5, 0.6) is 5.75 Å². The smallest absolute Gasteiger partial charge is 0.243 e. The van der Waals surface area contributed by atoms with Crippen molar-refractivity contribution in [3.8, 4) is 5.75 Å². The number of methoxy groups -OCH3 is 1. The standard InChI is InChI=1S/C17H26N2O4S/c1-4-6-17(20)18-9-5-10-19(12-11-18)24(21,22)15-7-8-16(23-3)14(2)13-15/h7-8,13H,4-6,9-12H2,1-3H3. The fourth-order valence-corrected chi connectivity index (χ4v) is 4.47. The third-order valence-electron chi connectivity index (χ3n) is 4.28. The molecule has 1 aromatic carbocycles. The van der Waals surface area contributed by atoms with Crippen LogP contribution in [-0.2, 0) is 14.8 Å². The van der Waals surface area contributed by atoms with Gasteiger partial charge in [-0.15, -0.1) is 0 Å². The van der Waals surface area contributed by atoms with E-state index in [-0.39, 0.29) is 10.8 Å². The van der Waals surface area contributed by atoms with E-state index in [1.807, 2.05) is 13.8 Å². The Kier molecular flexibility index (Phi) is 6.23. The zero-order valence-electron chi connectivity index (χ0n) is 14.6. The Morgan fingerprint density at radius 2 is 1.96 bits per heavy atom. The van der Waals surface area contributed by atoms with Crippen molar-refractivity contribution in [1.29, 1.82) is 0 Å². The molecule has 0 aromatic heterocycles. The monoisotopic (exact) mass is 354 g/mol. The van der Waals surface area contributed by atoms with E-state index in [4.69, 9.17) is 4.74 Å². The number of amides is 1. The SMILES string of the molecule is CCCC(=O)N1CCCN(S(=O)(=O)c2ccc(OC)c(C)c2)CC1. The van der Waals surface area contributed by atoms with Gasteiger partial charge in [-0.1, -0.05) is 6.92 Å². The van der Waals surface area contributed by atoms with E-state index in [2.05, 4.69) is 0 Å². The average Bonchev–Trinajstić information content (AvgIpc) is 2.81. The van der Waals surface area contributed by atoms with Gasteiger partial charge in [0.2, 0.25) is 15.9 Å². The summed E-state index contributed by atoms with van der Waals surface area (Å²) in [5.74, 6) is 0.776. The zero-order valence-corrected chi connectivity index (χ0v) is 15.4. The molecule has 24 heavy (non-hydrogen) atoms. The fourth-order valence-electron chi connectivity index (χ4n) is 2.92. The predicted octanol–water partition coefficient (Wildman–Crippen LogP) is 2.03. The Morgan fingerprint density at radius 1 is 1.21 bits per heavy atom. The molecule has 0 saturated carbocycles. The molecule has 2 rings (SSSR count). The number of ether oxygens (including phenoxy) is 1. The Hall–Kier alpha value is -1.60. The normalized spacial score (nSPS) is 16.7. The summed E-state index contributed by atoms with van der Waals surface area (Å²) in [7, 11) is -1.99. The van der Waals surface area contributed by atoms with Crippen molar-refractivity contribution >= 4 is 15.9 Å². The molecule has 0 spiro atoms. The van der Waals surface area contributed by atoms with Crippen LogP contribution in [0.25, 0.3) is 0 Å². The van der Waals surface area contributed by atoms with Crippen molar-refractivity contribution in [2.24, 2.45) is 0 Å². The Labute approximate surface area is 144 Å². The van der Waals surface area contributed by atoms with Gasteiger partial charge in [0, 0.05) is 32.6 Å². The van der Waals surface area contributed by atoms with E-state index >= 15 is 0 Å². The summed E-state index contributed by atoms with van der Waals surface area (Å²) in [6.07, 6.45) is 1.98. The maximum atomic E-state index is 12.9. The van der Waals surface area contributed by atoms with Gasteiger partial charge in [-0.2, -0.15) is 4.31 Å². The second-order valence-electron chi connectivity index (χ2n) is 6.02. The number of hydrogen-bond acceptors (Lipinski definition) is 4. The highest BCUT2D eigenvalue weighted by molar-refractivity contribution is 7.89. The number of aryl methyl sites for hydroxylation is 1. The van der Waals surface area contributed by atoms with Gasteiger partial charge in [0.1, 0.15) is 5.75 Å². The predicted molar refractivity (Wildman–Crippen MR) is 92.6 cm³/mol. The Bertz CT molecular complexity index is 688. The van der Waals surface area contributed by atoms with Gasteiger partial charge in [-0.05, 0) is 43.5 Å². The number of benzene rings is 1. The van der Waals surface area contributed by atoms with Crippen molar-refractivity contribution in [3.63, 3.8) is 0 Å². The Morgan fingerprint density at radius 3 is 2.58 bits per heavy atom. The molecule has 1 heterocycles. The molecule has 0 N–H and O–H groups in total. The van der Waals surface area contributed by atoms with Crippen molar-refractivity contribution in [2.45, 2.75) is 38.0 Å². The summed E-state index contributed by atoms with van der Waals surface area (Å²) in [6, 6.07) is 4.89. The van der Waals surface area contributed by atoms with E-state index in [9.17, 15) is 13.2 Å². The second-order valence-corrected chi connectivity index (χ2v) is 7.96. The number of sulfonamides is 1. The number of rotatable bonds is 5. The minimum Gasteiger partial charge on any atom is -0.496 e. The Balaban J connectivity index is 2.15. The first-order chi connectivity index (χ1) is 11.4. The molecular weight excluding hydrogens is 328 g/mol. The minimum absolute atomic E-state index is 0.108. The topological polar surface area (TPSA) is 66.9 Å². The van der Waals surface area contributed by atoms with Crippen LogP contribution in [0, 0.1) is 6.92 Å². The molecule has 1 amide bonds. The molecule has 0 radical (unpaired) electrons. The van der Waals surface area contributed by atoms with Crippen molar-refractivity contribution < 1.29 is 17.9 Å². The van der Waals surface area contributed by atoms with Crippen LogP contribution < -0.4 is 4.74 Å². The lowest BCUT2D eigenvalue weighted by molar-refractivity contribution is -0.131. The summed E-state index contributed by atoms with van der Waals surface area (Å²) in [5.41, 5.74) is 0.785. The largest absolute Gasteiger partial charge is 0.496 e. The number of hydrogen-bond donors (Lipinski definition) is 0. The third-order valence-corrected chi connectivity index (χ3v) is 6.17. The van der Waals surface area contributed by atoms with E-state index < -0.39 is 10.0 Å². The molecule has 1 aliphatic heterocycles. The summed E-state index contributed by atoms with van der Waals surface area (Å²) in [6.45, 7) is 5.63. The third kappa shape index (κ3) is 4.08. The van der Waals surface area contributed by atoms with Crippen molar-refractivity contribution in [2.75, 3.05) is 33.3 Å². The molecule has 7 heteroatoms. The lowest BCUT2D eigenvalue weighted by Gasteiger charge is -2.22. The van der Waals surface area contributed by atoms with Crippen molar-refractivity contribution in [3.05, 3.63) is 23.8 Å². The molecule has 1 aromatic rings. The number of nitrogens with zero attached hydrogens (tertiary/aromatic N) is 2. The van der Waals surface area contributed by atoms with E-state index in [0.29, 0.717) is 44.8 Å². The summed E-state index contributed by atoms with van der Waals surface area (Å²) < 4.78 is 32.4. The van der Waals surface area contributed by atoms with Gasteiger partial charge >= 0.3 is 0 Å². The molecule has 1 aliphatic rings. The van der Waals surface area contributed by atoms with Crippen molar-refractivity contribution in [1.82, 2.24) is 9.21 Å². The van der Waals surface area contributed by atoms with Gasteiger partial charge in [0.15, 0.2) is 0 Å². The molecule has 0 aliphatic carbocycles. The van der Waals surface area contributed by atoms with Gasteiger partial charge in [0.25, 0.3) is 0 Å². The van der Waals surface area contributed by atoms with Crippen LogP contribution in [0.2, 0.25) is 0 Å².